The number of anilines is 1. The van der Waals surface area contributed by atoms with Crippen LogP contribution in [0.1, 0.15) is 34.1 Å². The van der Waals surface area contributed by atoms with Gasteiger partial charge < -0.3 is 26.0 Å². The molecule has 0 radical (unpaired) electrons. The van der Waals surface area contributed by atoms with E-state index in [0.29, 0.717) is 47.2 Å². The molecule has 0 spiro atoms. The first kappa shape index (κ1) is 24.3. The van der Waals surface area contributed by atoms with Gasteiger partial charge in [0, 0.05) is 17.6 Å². The van der Waals surface area contributed by atoms with E-state index in [4.69, 9.17) is 14.2 Å². The molecule has 1 atom stereocenters. The van der Waals surface area contributed by atoms with Gasteiger partial charge in [-0.2, -0.15) is 11.6 Å². The summed E-state index contributed by atoms with van der Waals surface area (Å²) in [6.45, 7) is 7.37. The van der Waals surface area contributed by atoms with Gasteiger partial charge in [-0.05, 0) is 36.1 Å². The van der Waals surface area contributed by atoms with E-state index in [9.17, 15) is 9.59 Å². The maximum Gasteiger partial charge on any atom is 2.00 e. The fourth-order valence-corrected chi connectivity index (χ4v) is 4.28. The Bertz CT molecular complexity index is 1250. The van der Waals surface area contributed by atoms with Crippen LogP contribution in [-0.4, -0.2) is 36.7 Å². The summed E-state index contributed by atoms with van der Waals surface area (Å²) < 4.78 is 16.5. The predicted molar refractivity (Wildman–Crippen MR) is 120 cm³/mol. The number of para-hydroxylation sites is 1. The smallest absolute Gasteiger partial charge is 0.544 e. The Kier molecular flexibility index (Phi) is 7.02. The number of rotatable bonds is 5. The molecule has 5 rings (SSSR count). The van der Waals surface area contributed by atoms with Crippen molar-refractivity contribution in [2.75, 3.05) is 24.7 Å². The average molecular weight is 681 g/mol. The van der Waals surface area contributed by atoms with Gasteiger partial charge in [0.25, 0.3) is 0 Å². The topological polar surface area (TPSA) is 78.0 Å². The van der Waals surface area contributed by atoms with E-state index in [0.717, 1.165) is 5.56 Å². The molecular weight excluding hydrogens is 658 g/mol. The Labute approximate surface area is 221 Å². The number of ether oxygens (including phenoxy) is 3. The Morgan fingerprint density at radius 2 is 1.97 bits per heavy atom. The number of hydrogen-bond donors (Lipinski definition) is 0. The molecule has 2 aromatic carbocycles. The standard InChI is InChI=1S/C26H22N2O5.U/c1-3-31-24(29)18-7-6-12-27-20(18)16-28-21-9-5-4-8-19(21)26(2,25(28)30)17-10-11-22-23(15-17)33-14-13-32-22;/h4-9,11-12,15H,2-3,13-14,16H2,1H3;/q-2;+2. The second-order valence-corrected chi connectivity index (χ2v) is 7.80. The zero-order chi connectivity index (χ0) is 23.0. The van der Waals surface area contributed by atoms with E-state index in [1.807, 2.05) is 24.3 Å². The molecular formula is C26H22N2O5U. The molecule has 2 aliphatic heterocycles. The van der Waals surface area contributed by atoms with Crippen LogP contribution in [0.4, 0.5) is 5.69 Å². The molecule has 0 saturated carbocycles. The first-order valence-corrected chi connectivity index (χ1v) is 10.7. The number of amides is 1. The molecule has 34 heavy (non-hydrogen) atoms. The number of hydrogen-bond acceptors (Lipinski definition) is 6. The molecule has 3 aromatic rings. The van der Waals surface area contributed by atoms with Crippen LogP contribution >= 0.6 is 0 Å². The van der Waals surface area contributed by atoms with Crippen LogP contribution < -0.4 is 14.4 Å². The first-order valence-electron chi connectivity index (χ1n) is 10.7. The normalized spacial score (nSPS) is 18.2. The fourth-order valence-electron chi connectivity index (χ4n) is 4.28. The second-order valence-electron chi connectivity index (χ2n) is 7.80. The molecule has 0 fully saturated rings. The van der Waals surface area contributed by atoms with Crippen LogP contribution in [0.15, 0.2) is 54.7 Å². The molecule has 0 aliphatic carbocycles. The monoisotopic (exact) mass is 680 g/mol. The summed E-state index contributed by atoms with van der Waals surface area (Å²) in [6, 6.07) is 17.4. The van der Waals surface area contributed by atoms with Crippen LogP contribution in [0.2, 0.25) is 0 Å². The zero-order valence-corrected chi connectivity index (χ0v) is 22.8. The van der Waals surface area contributed by atoms with Gasteiger partial charge in [0.2, 0.25) is 5.91 Å². The number of carbonyl (C=O) groups excluding carboxylic acids is 2. The third-order valence-electron chi connectivity index (χ3n) is 5.89. The van der Waals surface area contributed by atoms with Crippen LogP contribution in [0.25, 0.3) is 0 Å². The minimum absolute atomic E-state index is 0. The van der Waals surface area contributed by atoms with Crippen molar-refractivity contribution in [2.45, 2.75) is 18.9 Å². The number of fused-ring (bicyclic) bond motifs is 2. The SMILES string of the molecule is [CH2-]C1(c2[c-]cc3c(c2)OCCO3)C(=O)N(Cc2ncccc2C(=O)OCC)c2ccccc21.[U+2]. The largest absolute Gasteiger partial charge is 2.00 e. The van der Waals surface area contributed by atoms with Gasteiger partial charge in [-0.15, -0.1) is 12.1 Å². The maximum absolute atomic E-state index is 13.9. The Hall–Kier alpha value is -2.82. The van der Waals surface area contributed by atoms with Crippen LogP contribution in [0, 0.1) is 44.1 Å². The Morgan fingerprint density at radius 1 is 1.21 bits per heavy atom. The third-order valence-corrected chi connectivity index (χ3v) is 5.89. The molecule has 7 nitrogen and oxygen atoms in total. The number of pyridine rings is 1. The van der Waals surface area contributed by atoms with Crippen molar-refractivity contribution >= 4 is 17.6 Å². The molecule has 170 valence electrons. The minimum Gasteiger partial charge on any atom is -0.544 e. The molecule has 2 aliphatic rings. The van der Waals surface area contributed by atoms with Gasteiger partial charge in [-0.25, -0.2) is 4.79 Å². The Morgan fingerprint density at radius 3 is 2.76 bits per heavy atom. The molecule has 3 heterocycles. The summed E-state index contributed by atoms with van der Waals surface area (Å²) in [5.41, 5.74) is 1.59. The third kappa shape index (κ3) is 3.99. The Balaban J connectivity index is 0.00000274. The minimum atomic E-state index is -1.23. The van der Waals surface area contributed by atoms with Gasteiger partial charge in [-0.1, -0.05) is 18.2 Å². The first-order chi connectivity index (χ1) is 16.0. The van der Waals surface area contributed by atoms with Gasteiger partial charge >= 0.3 is 37.1 Å². The van der Waals surface area contributed by atoms with E-state index in [-0.39, 0.29) is 50.2 Å². The number of nitrogens with zero attached hydrogens (tertiary/aromatic N) is 2. The number of carbonyl (C=O) groups is 2. The summed E-state index contributed by atoms with van der Waals surface area (Å²) >= 11 is 0. The van der Waals surface area contributed by atoms with Crippen LogP contribution in [-0.2, 0) is 21.5 Å². The average Bonchev–Trinajstić information content (AvgIpc) is 3.07. The molecule has 1 aromatic heterocycles. The summed E-state index contributed by atoms with van der Waals surface area (Å²) in [4.78, 5) is 32.3. The molecule has 0 bridgehead atoms. The predicted octanol–water partition coefficient (Wildman–Crippen LogP) is 3.50. The van der Waals surface area contributed by atoms with Crippen molar-refractivity contribution in [1.82, 2.24) is 4.98 Å². The second kappa shape index (κ2) is 9.81. The van der Waals surface area contributed by atoms with E-state index < -0.39 is 11.4 Å². The van der Waals surface area contributed by atoms with Gasteiger partial charge in [0.1, 0.15) is 13.2 Å². The van der Waals surface area contributed by atoms with Gasteiger partial charge in [0.15, 0.2) is 0 Å². The van der Waals surface area contributed by atoms with Crippen molar-refractivity contribution in [3.63, 3.8) is 0 Å². The van der Waals surface area contributed by atoms with E-state index >= 15 is 0 Å². The van der Waals surface area contributed by atoms with Crippen LogP contribution in [0.5, 0.6) is 11.5 Å². The van der Waals surface area contributed by atoms with Crippen molar-refractivity contribution in [2.24, 2.45) is 0 Å². The number of aromatic nitrogens is 1. The summed E-state index contributed by atoms with van der Waals surface area (Å²) in [7, 11) is 0. The maximum atomic E-state index is 13.9. The fraction of sp³-hybridized carbons (Fsp3) is 0.231. The van der Waals surface area contributed by atoms with Crippen molar-refractivity contribution in [1.29, 1.82) is 0 Å². The molecule has 1 unspecified atom stereocenters. The molecule has 0 N–H and O–H groups in total. The zero-order valence-electron chi connectivity index (χ0n) is 18.7. The van der Waals surface area contributed by atoms with E-state index in [1.165, 1.54) is 0 Å². The molecule has 0 saturated heterocycles. The summed E-state index contributed by atoms with van der Waals surface area (Å²) in [6.07, 6.45) is 1.59. The molecule has 8 heteroatoms. The quantitative estimate of drug-likeness (QED) is 0.304. The molecule has 1 amide bonds. The van der Waals surface area contributed by atoms with E-state index in [2.05, 4.69) is 18.0 Å². The summed E-state index contributed by atoms with van der Waals surface area (Å²) in [5, 5.41) is 0. The van der Waals surface area contributed by atoms with Gasteiger partial charge in [0.05, 0.1) is 30.2 Å². The van der Waals surface area contributed by atoms with Crippen LogP contribution in [0.3, 0.4) is 0 Å². The van der Waals surface area contributed by atoms with Crippen molar-refractivity contribution in [3.05, 3.63) is 90.1 Å². The van der Waals surface area contributed by atoms with Crippen molar-refractivity contribution < 1.29 is 54.9 Å². The number of esters is 1. The van der Waals surface area contributed by atoms with Crippen molar-refractivity contribution in [3.8, 4) is 11.5 Å². The van der Waals surface area contributed by atoms with E-state index in [1.54, 1.807) is 42.3 Å². The number of benzene rings is 2. The summed E-state index contributed by atoms with van der Waals surface area (Å²) in [5.74, 6) is 0.450. The van der Waals surface area contributed by atoms with Gasteiger partial charge in [-0.3, -0.25) is 9.78 Å².